The van der Waals surface area contributed by atoms with Gasteiger partial charge in [-0.05, 0) is 17.2 Å². The van der Waals surface area contributed by atoms with Gasteiger partial charge in [-0.25, -0.2) is 4.39 Å². The summed E-state index contributed by atoms with van der Waals surface area (Å²) in [6, 6.07) is 16.2. The molecule has 0 spiro atoms. The second kappa shape index (κ2) is 9.72. The molecule has 2 aromatic carbocycles. The highest BCUT2D eigenvalue weighted by atomic mass is 35.5. The number of aliphatic imine (C=N–C) groups is 1. The summed E-state index contributed by atoms with van der Waals surface area (Å²) in [6.07, 6.45) is 0. The lowest BCUT2D eigenvalue weighted by Gasteiger charge is -2.13. The van der Waals surface area contributed by atoms with Crippen LogP contribution in [0.3, 0.4) is 0 Å². The smallest absolute Gasteiger partial charge is 0.253 e. The quantitative estimate of drug-likeness (QED) is 0.607. The number of guanidine groups is 1. The van der Waals surface area contributed by atoms with E-state index >= 15 is 0 Å². The molecule has 1 atom stereocenters. The minimum atomic E-state index is -0.303. The molecule has 31 heavy (non-hydrogen) atoms. The van der Waals surface area contributed by atoms with Gasteiger partial charge in [0.1, 0.15) is 12.4 Å². The highest BCUT2D eigenvalue weighted by molar-refractivity contribution is 6.04. The summed E-state index contributed by atoms with van der Waals surface area (Å²) in [4.78, 5) is 17.5. The van der Waals surface area contributed by atoms with Crippen LogP contribution in [-0.2, 0) is 4.79 Å². The number of aliphatic hydroxyl groups is 1. The lowest BCUT2D eigenvalue weighted by molar-refractivity contribution is -0.118. The minimum absolute atomic E-state index is 0. The van der Waals surface area contributed by atoms with E-state index in [-0.39, 0.29) is 55.6 Å². The number of hydrogen-bond acceptors (Lipinski definition) is 5. The molecule has 9 heteroatoms. The first-order valence-electron chi connectivity index (χ1n) is 9.61. The van der Waals surface area contributed by atoms with Crippen molar-refractivity contribution in [3.8, 4) is 11.1 Å². The zero-order valence-corrected chi connectivity index (χ0v) is 17.6. The van der Waals surface area contributed by atoms with Crippen LogP contribution in [0.5, 0.6) is 0 Å². The van der Waals surface area contributed by atoms with Gasteiger partial charge in [-0.2, -0.15) is 4.99 Å². The van der Waals surface area contributed by atoms with Crippen LogP contribution in [0.1, 0.15) is 24.1 Å². The second-order valence-corrected chi connectivity index (χ2v) is 7.05. The Balaban J connectivity index is 0.00000272. The molecule has 0 saturated carbocycles. The van der Waals surface area contributed by atoms with Gasteiger partial charge >= 0.3 is 0 Å². The predicted molar refractivity (Wildman–Crippen MR) is 117 cm³/mol. The van der Waals surface area contributed by atoms with E-state index in [1.54, 1.807) is 17.0 Å². The number of carbonyl (C=O) groups excluding carboxylic acids is 1. The van der Waals surface area contributed by atoms with E-state index in [2.05, 4.69) is 15.5 Å². The van der Waals surface area contributed by atoms with Crippen molar-refractivity contribution in [3.63, 3.8) is 0 Å². The minimum Gasteiger partial charge on any atom is -0.395 e. The molecular formula is C22H22ClFN4O3. The Labute approximate surface area is 185 Å². The largest absolute Gasteiger partial charge is 0.395 e. The van der Waals surface area contributed by atoms with Gasteiger partial charge in [-0.3, -0.25) is 10.1 Å². The van der Waals surface area contributed by atoms with E-state index < -0.39 is 0 Å². The topological polar surface area (TPSA) is 91.0 Å². The van der Waals surface area contributed by atoms with Gasteiger partial charge in [0, 0.05) is 24.1 Å². The molecule has 1 saturated heterocycles. The van der Waals surface area contributed by atoms with E-state index in [0.717, 1.165) is 11.1 Å². The first kappa shape index (κ1) is 22.5. The number of aliphatic hydroxyl groups excluding tert-OH is 1. The zero-order valence-electron chi connectivity index (χ0n) is 16.8. The van der Waals surface area contributed by atoms with Crippen LogP contribution in [0.4, 0.5) is 10.3 Å². The third-order valence-electron chi connectivity index (χ3n) is 5.01. The molecule has 4 rings (SSSR count). The Morgan fingerprint density at radius 3 is 2.74 bits per heavy atom. The van der Waals surface area contributed by atoms with Crippen molar-refractivity contribution in [2.75, 3.05) is 19.7 Å². The first-order valence-corrected chi connectivity index (χ1v) is 9.61. The molecule has 1 unspecified atom stereocenters. The van der Waals surface area contributed by atoms with Crippen molar-refractivity contribution in [2.45, 2.75) is 12.8 Å². The van der Waals surface area contributed by atoms with Crippen LogP contribution >= 0.6 is 12.4 Å². The Morgan fingerprint density at radius 2 is 2.03 bits per heavy atom. The number of β-amino-alcohol motifs (C(OH)–C–C–N with tert-alkyl or cyclic N) is 1. The number of carbonyl (C=O) groups is 1. The van der Waals surface area contributed by atoms with Gasteiger partial charge < -0.3 is 14.5 Å². The van der Waals surface area contributed by atoms with Crippen LogP contribution in [0, 0.1) is 5.82 Å². The average Bonchev–Trinajstić information content (AvgIpc) is 3.35. The van der Waals surface area contributed by atoms with Crippen molar-refractivity contribution >= 4 is 30.2 Å². The molecule has 1 aliphatic heterocycles. The monoisotopic (exact) mass is 444 g/mol. The highest BCUT2D eigenvalue weighted by Gasteiger charge is 2.25. The number of nitrogens with one attached hydrogen (secondary N) is 1. The Morgan fingerprint density at radius 1 is 1.26 bits per heavy atom. The van der Waals surface area contributed by atoms with Crippen molar-refractivity contribution < 1.29 is 18.8 Å². The molecular weight excluding hydrogens is 423 g/mol. The number of rotatable bonds is 6. The molecule has 0 radical (unpaired) electrons. The fraction of sp³-hybridized carbons (Fsp3) is 0.227. The number of amides is 1. The van der Waals surface area contributed by atoms with Gasteiger partial charge in [0.15, 0.2) is 0 Å². The number of aromatic nitrogens is 1. The van der Waals surface area contributed by atoms with Gasteiger partial charge in [-0.15, -0.1) is 12.4 Å². The summed E-state index contributed by atoms with van der Waals surface area (Å²) in [7, 11) is 0. The average molecular weight is 445 g/mol. The van der Waals surface area contributed by atoms with Crippen molar-refractivity contribution in [1.82, 2.24) is 15.4 Å². The summed E-state index contributed by atoms with van der Waals surface area (Å²) < 4.78 is 20.0. The normalized spacial score (nSPS) is 15.6. The third kappa shape index (κ3) is 4.92. The third-order valence-corrected chi connectivity index (χ3v) is 5.01. The van der Waals surface area contributed by atoms with E-state index in [0.29, 0.717) is 17.2 Å². The Kier molecular flexibility index (Phi) is 7.04. The van der Waals surface area contributed by atoms with Gasteiger partial charge in [0.2, 0.25) is 11.9 Å². The Bertz CT molecular complexity index is 1090. The fourth-order valence-corrected chi connectivity index (χ4v) is 3.36. The lowest BCUT2D eigenvalue weighted by atomic mass is 9.95. The van der Waals surface area contributed by atoms with Crippen molar-refractivity contribution in [3.05, 3.63) is 71.7 Å². The summed E-state index contributed by atoms with van der Waals surface area (Å²) in [5.41, 5.74) is 2.72. The van der Waals surface area contributed by atoms with E-state index in [4.69, 9.17) is 9.63 Å². The van der Waals surface area contributed by atoms with Crippen LogP contribution < -0.4 is 5.32 Å². The summed E-state index contributed by atoms with van der Waals surface area (Å²) >= 11 is 0. The number of benzene rings is 2. The summed E-state index contributed by atoms with van der Waals surface area (Å²) in [5, 5.41) is 15.8. The fourth-order valence-electron chi connectivity index (χ4n) is 3.36. The maximum Gasteiger partial charge on any atom is 0.253 e. The Hall–Kier alpha value is -3.23. The molecule has 1 amide bonds. The van der Waals surface area contributed by atoms with Crippen LogP contribution in [0.2, 0.25) is 0 Å². The first-order chi connectivity index (χ1) is 14.5. The summed E-state index contributed by atoms with van der Waals surface area (Å²) in [6.45, 7) is 2.21. The van der Waals surface area contributed by atoms with Crippen molar-refractivity contribution in [1.29, 1.82) is 0 Å². The molecule has 162 valence electrons. The molecule has 2 N–H and O–H groups in total. The highest BCUT2D eigenvalue weighted by Crippen LogP contribution is 2.30. The SMILES string of the molecule is CC(c1ccc(-c2ccccc2)c(F)c1)c1cc(/N=C2\NC(=O)CN2CCO)on1.Cl. The molecule has 2 heterocycles. The zero-order chi connectivity index (χ0) is 21.1. The number of halogens is 2. The molecule has 1 fully saturated rings. The van der Waals surface area contributed by atoms with E-state index in [1.165, 1.54) is 6.07 Å². The second-order valence-electron chi connectivity index (χ2n) is 7.05. The van der Waals surface area contributed by atoms with Crippen molar-refractivity contribution in [2.24, 2.45) is 4.99 Å². The standard InChI is InChI=1S/C22H21FN4O3.ClH/c1-14(16-7-8-17(18(23)11-16)15-5-3-2-4-6-15)19-12-21(30-26-19)25-22-24-20(29)13-27(22)9-10-28;/h2-8,11-12,14,28H,9-10,13H2,1H3,(H,24,25,29);1H. The molecule has 7 nitrogen and oxygen atoms in total. The number of nitrogens with zero attached hydrogens (tertiary/aromatic N) is 3. The maximum atomic E-state index is 14.7. The van der Waals surface area contributed by atoms with Gasteiger partial charge in [0.05, 0.1) is 12.3 Å². The predicted octanol–water partition coefficient (Wildman–Crippen LogP) is 3.47. The maximum absolute atomic E-state index is 14.7. The molecule has 0 aliphatic carbocycles. The van der Waals surface area contributed by atoms with Gasteiger partial charge in [0.25, 0.3) is 5.88 Å². The van der Waals surface area contributed by atoms with E-state index in [1.807, 2.05) is 43.3 Å². The van der Waals surface area contributed by atoms with Crippen LogP contribution in [0.15, 0.2) is 64.1 Å². The molecule has 1 aliphatic rings. The molecule has 1 aromatic heterocycles. The summed E-state index contributed by atoms with van der Waals surface area (Å²) in [5.74, 6) is -0.193. The number of hydrogen-bond donors (Lipinski definition) is 2. The van der Waals surface area contributed by atoms with Gasteiger partial charge in [-0.1, -0.05) is 54.5 Å². The molecule has 3 aromatic rings. The van der Waals surface area contributed by atoms with Crippen LogP contribution in [0.25, 0.3) is 11.1 Å². The van der Waals surface area contributed by atoms with Crippen LogP contribution in [-0.4, -0.2) is 46.7 Å². The lowest BCUT2D eigenvalue weighted by Crippen LogP contribution is -2.32. The molecule has 0 bridgehead atoms. The van der Waals surface area contributed by atoms with E-state index in [9.17, 15) is 9.18 Å².